The first-order valence-corrected chi connectivity index (χ1v) is 8.01. The SMILES string of the molecule is CCNC(=NCc1ccc(Cl)cc1)N1CCN(C(C)=O)CC1. The summed E-state index contributed by atoms with van der Waals surface area (Å²) in [6.45, 7) is 8.25. The Morgan fingerprint density at radius 3 is 2.32 bits per heavy atom. The van der Waals surface area contributed by atoms with E-state index in [0.717, 1.165) is 49.3 Å². The lowest BCUT2D eigenvalue weighted by molar-refractivity contribution is -0.130. The molecule has 2 rings (SSSR count). The topological polar surface area (TPSA) is 47.9 Å². The number of carbonyl (C=O) groups excluding carboxylic acids is 1. The van der Waals surface area contributed by atoms with E-state index in [4.69, 9.17) is 16.6 Å². The average Bonchev–Trinajstić information content (AvgIpc) is 2.53. The Balaban J connectivity index is 1.98. The molecule has 1 amide bonds. The van der Waals surface area contributed by atoms with Gasteiger partial charge in [0, 0.05) is 44.7 Å². The van der Waals surface area contributed by atoms with Gasteiger partial charge in [0.2, 0.25) is 5.91 Å². The van der Waals surface area contributed by atoms with Gasteiger partial charge in [-0.15, -0.1) is 0 Å². The molecule has 1 N–H and O–H groups in total. The number of piperazine rings is 1. The van der Waals surface area contributed by atoms with Crippen LogP contribution in [0.15, 0.2) is 29.3 Å². The minimum absolute atomic E-state index is 0.141. The lowest BCUT2D eigenvalue weighted by atomic mass is 10.2. The molecule has 0 spiro atoms. The third kappa shape index (κ3) is 4.63. The van der Waals surface area contributed by atoms with Crippen LogP contribution in [-0.4, -0.2) is 54.4 Å². The molecule has 0 bridgehead atoms. The Kier molecular flexibility index (Phi) is 6.07. The summed E-state index contributed by atoms with van der Waals surface area (Å²) in [7, 11) is 0. The molecule has 0 radical (unpaired) electrons. The summed E-state index contributed by atoms with van der Waals surface area (Å²) >= 11 is 5.90. The normalized spacial score (nSPS) is 15.9. The molecule has 1 aliphatic heterocycles. The van der Waals surface area contributed by atoms with Gasteiger partial charge < -0.3 is 15.1 Å². The zero-order chi connectivity index (χ0) is 15.9. The summed E-state index contributed by atoms with van der Waals surface area (Å²) in [5.41, 5.74) is 1.13. The van der Waals surface area contributed by atoms with E-state index < -0.39 is 0 Å². The Morgan fingerprint density at radius 1 is 1.18 bits per heavy atom. The van der Waals surface area contributed by atoms with Crippen LogP contribution in [0.5, 0.6) is 0 Å². The van der Waals surface area contributed by atoms with Crippen molar-refractivity contribution in [2.45, 2.75) is 20.4 Å². The zero-order valence-electron chi connectivity index (χ0n) is 13.2. The highest BCUT2D eigenvalue weighted by molar-refractivity contribution is 6.30. The largest absolute Gasteiger partial charge is 0.357 e. The highest BCUT2D eigenvalue weighted by Crippen LogP contribution is 2.11. The van der Waals surface area contributed by atoms with E-state index in [9.17, 15) is 4.79 Å². The van der Waals surface area contributed by atoms with Crippen molar-refractivity contribution in [2.24, 2.45) is 4.99 Å². The molecule has 1 heterocycles. The Morgan fingerprint density at radius 2 is 1.77 bits per heavy atom. The van der Waals surface area contributed by atoms with Crippen LogP contribution in [0.2, 0.25) is 5.02 Å². The molecule has 1 aromatic carbocycles. The average molecular weight is 323 g/mol. The van der Waals surface area contributed by atoms with Crippen LogP contribution in [0.3, 0.4) is 0 Å². The van der Waals surface area contributed by atoms with Gasteiger partial charge in [-0.2, -0.15) is 0 Å². The van der Waals surface area contributed by atoms with E-state index in [2.05, 4.69) is 17.1 Å². The second-order valence-electron chi connectivity index (χ2n) is 5.29. The van der Waals surface area contributed by atoms with E-state index >= 15 is 0 Å². The quantitative estimate of drug-likeness (QED) is 0.683. The molecule has 1 aromatic rings. The second kappa shape index (κ2) is 8.03. The number of aliphatic imine (C=N–C) groups is 1. The number of hydrogen-bond donors (Lipinski definition) is 1. The van der Waals surface area contributed by atoms with Gasteiger partial charge in [0.1, 0.15) is 0 Å². The third-order valence-corrected chi connectivity index (χ3v) is 3.94. The van der Waals surface area contributed by atoms with Crippen LogP contribution in [0.4, 0.5) is 0 Å². The van der Waals surface area contributed by atoms with Crippen molar-refractivity contribution in [1.82, 2.24) is 15.1 Å². The fourth-order valence-electron chi connectivity index (χ4n) is 2.41. The predicted molar refractivity (Wildman–Crippen MR) is 90.1 cm³/mol. The summed E-state index contributed by atoms with van der Waals surface area (Å²) in [6.07, 6.45) is 0. The second-order valence-corrected chi connectivity index (χ2v) is 5.73. The summed E-state index contributed by atoms with van der Waals surface area (Å²) in [6, 6.07) is 7.74. The first-order chi connectivity index (χ1) is 10.6. The molecule has 22 heavy (non-hydrogen) atoms. The van der Waals surface area contributed by atoms with Crippen molar-refractivity contribution < 1.29 is 4.79 Å². The first kappa shape index (κ1) is 16.6. The van der Waals surface area contributed by atoms with Gasteiger partial charge >= 0.3 is 0 Å². The molecule has 0 aliphatic carbocycles. The fourth-order valence-corrected chi connectivity index (χ4v) is 2.54. The van der Waals surface area contributed by atoms with Gasteiger partial charge in [-0.3, -0.25) is 4.79 Å². The number of rotatable bonds is 3. The first-order valence-electron chi connectivity index (χ1n) is 7.63. The number of benzene rings is 1. The number of nitrogens with one attached hydrogen (secondary N) is 1. The van der Waals surface area contributed by atoms with Crippen molar-refractivity contribution in [3.05, 3.63) is 34.9 Å². The van der Waals surface area contributed by atoms with E-state index in [0.29, 0.717) is 6.54 Å². The molecular weight excluding hydrogens is 300 g/mol. The lowest BCUT2D eigenvalue weighted by Crippen LogP contribution is -2.53. The highest BCUT2D eigenvalue weighted by Gasteiger charge is 2.20. The van der Waals surface area contributed by atoms with Crippen LogP contribution in [0, 0.1) is 0 Å². The zero-order valence-corrected chi connectivity index (χ0v) is 13.9. The van der Waals surface area contributed by atoms with Crippen LogP contribution < -0.4 is 5.32 Å². The number of nitrogens with zero attached hydrogens (tertiary/aromatic N) is 3. The lowest BCUT2D eigenvalue weighted by Gasteiger charge is -2.36. The molecule has 1 aliphatic rings. The van der Waals surface area contributed by atoms with Crippen LogP contribution in [0.25, 0.3) is 0 Å². The monoisotopic (exact) mass is 322 g/mol. The molecule has 1 fully saturated rings. The Bertz CT molecular complexity index is 521. The molecule has 6 heteroatoms. The number of halogens is 1. The van der Waals surface area contributed by atoms with Gasteiger partial charge in [0.15, 0.2) is 5.96 Å². The number of amides is 1. The van der Waals surface area contributed by atoms with Crippen molar-refractivity contribution >= 4 is 23.5 Å². The minimum Gasteiger partial charge on any atom is -0.357 e. The number of carbonyl (C=O) groups is 1. The fraction of sp³-hybridized carbons (Fsp3) is 0.500. The van der Waals surface area contributed by atoms with Crippen LogP contribution in [0.1, 0.15) is 19.4 Å². The van der Waals surface area contributed by atoms with Crippen molar-refractivity contribution in [3.63, 3.8) is 0 Å². The smallest absolute Gasteiger partial charge is 0.219 e. The van der Waals surface area contributed by atoms with Gasteiger partial charge in [-0.25, -0.2) is 4.99 Å². The van der Waals surface area contributed by atoms with Crippen LogP contribution >= 0.6 is 11.6 Å². The summed E-state index contributed by atoms with van der Waals surface area (Å²) in [5, 5.41) is 4.06. The molecule has 0 aromatic heterocycles. The maximum atomic E-state index is 11.4. The molecule has 5 nitrogen and oxygen atoms in total. The molecule has 0 saturated carbocycles. The third-order valence-electron chi connectivity index (χ3n) is 3.68. The van der Waals surface area contributed by atoms with Gasteiger partial charge in [-0.1, -0.05) is 23.7 Å². The van der Waals surface area contributed by atoms with Gasteiger partial charge in [-0.05, 0) is 24.6 Å². The Labute approximate surface area is 137 Å². The highest BCUT2D eigenvalue weighted by atomic mass is 35.5. The predicted octanol–water partition coefficient (Wildman–Crippen LogP) is 1.97. The molecule has 0 unspecified atom stereocenters. The molecule has 120 valence electrons. The van der Waals surface area contributed by atoms with Crippen molar-refractivity contribution in [1.29, 1.82) is 0 Å². The molecule has 1 saturated heterocycles. The summed E-state index contributed by atoms with van der Waals surface area (Å²) in [5.74, 6) is 1.04. The van der Waals surface area contributed by atoms with Crippen LogP contribution in [-0.2, 0) is 11.3 Å². The summed E-state index contributed by atoms with van der Waals surface area (Å²) < 4.78 is 0. The molecule has 0 atom stereocenters. The van der Waals surface area contributed by atoms with E-state index in [1.54, 1.807) is 6.92 Å². The number of guanidine groups is 1. The standard InChI is InChI=1S/C16H23ClN4O/c1-3-18-16(19-12-14-4-6-15(17)7-5-14)21-10-8-20(9-11-21)13(2)22/h4-7H,3,8-12H2,1-2H3,(H,18,19). The molecular formula is C16H23ClN4O. The van der Waals surface area contributed by atoms with E-state index in [-0.39, 0.29) is 5.91 Å². The van der Waals surface area contributed by atoms with Crippen molar-refractivity contribution in [2.75, 3.05) is 32.7 Å². The van der Waals surface area contributed by atoms with E-state index in [1.807, 2.05) is 29.2 Å². The van der Waals surface area contributed by atoms with Crippen molar-refractivity contribution in [3.8, 4) is 0 Å². The maximum Gasteiger partial charge on any atom is 0.219 e. The Hall–Kier alpha value is -1.75. The van der Waals surface area contributed by atoms with Gasteiger partial charge in [0.05, 0.1) is 6.54 Å². The minimum atomic E-state index is 0.141. The maximum absolute atomic E-state index is 11.4. The van der Waals surface area contributed by atoms with E-state index in [1.165, 1.54) is 0 Å². The summed E-state index contributed by atoms with van der Waals surface area (Å²) in [4.78, 5) is 20.2. The number of hydrogen-bond acceptors (Lipinski definition) is 2. The van der Waals surface area contributed by atoms with Gasteiger partial charge in [0.25, 0.3) is 0 Å².